The van der Waals surface area contributed by atoms with E-state index in [0.717, 1.165) is 5.56 Å². The van der Waals surface area contributed by atoms with E-state index in [1.165, 1.54) is 23.9 Å². The Morgan fingerprint density at radius 3 is 2.81 bits per heavy atom. The lowest BCUT2D eigenvalue weighted by Crippen LogP contribution is -2.13. The Balaban J connectivity index is 1.27. The first-order chi connectivity index (χ1) is 15.1. The van der Waals surface area contributed by atoms with Crippen LogP contribution in [0.25, 0.3) is 11.4 Å². The summed E-state index contributed by atoms with van der Waals surface area (Å²) in [7, 11) is 0. The molecule has 1 amide bonds. The number of halogens is 2. The predicted octanol–water partition coefficient (Wildman–Crippen LogP) is 4.51. The molecule has 2 aromatic heterocycles. The van der Waals surface area contributed by atoms with E-state index in [4.69, 9.17) is 16.1 Å². The molecule has 0 radical (unpaired) electrons. The fourth-order valence-corrected chi connectivity index (χ4v) is 3.53. The summed E-state index contributed by atoms with van der Waals surface area (Å²) in [4.78, 5) is 20.7. The highest BCUT2D eigenvalue weighted by Crippen LogP contribution is 2.26. The third kappa shape index (κ3) is 5.47. The first-order valence-electron chi connectivity index (χ1n) is 9.24. The van der Waals surface area contributed by atoms with Crippen molar-refractivity contribution in [2.45, 2.75) is 23.8 Å². The number of hydrogen-bond donors (Lipinski definition) is 2. The second-order valence-corrected chi connectivity index (χ2v) is 7.72. The summed E-state index contributed by atoms with van der Waals surface area (Å²) in [5.74, 6) is 0.919. The number of aromatic nitrogens is 5. The lowest BCUT2D eigenvalue weighted by Gasteiger charge is -2.04. The molecule has 0 aliphatic carbocycles. The third-order valence-corrected chi connectivity index (χ3v) is 5.32. The highest BCUT2D eigenvalue weighted by atomic mass is 35.5. The zero-order chi connectivity index (χ0) is 21.6. The van der Waals surface area contributed by atoms with Gasteiger partial charge in [-0.15, -0.1) is 5.10 Å². The Labute approximate surface area is 185 Å². The number of hydrogen-bond acceptors (Lipinski definition) is 7. The van der Waals surface area contributed by atoms with Gasteiger partial charge in [0.1, 0.15) is 5.82 Å². The van der Waals surface area contributed by atoms with Crippen LogP contribution in [0.2, 0.25) is 5.02 Å². The molecule has 11 heteroatoms. The molecule has 0 saturated heterocycles. The number of para-hydroxylation sites is 1. The molecule has 0 fully saturated rings. The van der Waals surface area contributed by atoms with Gasteiger partial charge in [-0.3, -0.25) is 9.89 Å². The summed E-state index contributed by atoms with van der Waals surface area (Å²) in [5.41, 5.74) is 0.900. The van der Waals surface area contributed by atoms with Gasteiger partial charge in [-0.2, -0.15) is 4.98 Å². The number of carbonyl (C=O) groups excluding carboxylic acids is 1. The van der Waals surface area contributed by atoms with E-state index in [-0.39, 0.29) is 24.4 Å². The van der Waals surface area contributed by atoms with Crippen LogP contribution in [0.4, 0.5) is 10.1 Å². The molecular weight excluding hydrogens is 443 g/mol. The SMILES string of the molecule is O=C(CCc1nc(CSc2n[nH]c(-c3ccccc3Cl)n2)no1)Nc1ccccc1F. The van der Waals surface area contributed by atoms with Gasteiger partial charge in [0.2, 0.25) is 17.0 Å². The first-order valence-corrected chi connectivity index (χ1v) is 10.6. The lowest BCUT2D eigenvalue weighted by molar-refractivity contribution is -0.116. The van der Waals surface area contributed by atoms with Crippen LogP contribution >= 0.6 is 23.4 Å². The summed E-state index contributed by atoms with van der Waals surface area (Å²) < 4.78 is 18.8. The molecule has 0 aliphatic rings. The average Bonchev–Trinajstić information content (AvgIpc) is 3.42. The van der Waals surface area contributed by atoms with E-state index in [1.807, 2.05) is 18.2 Å². The summed E-state index contributed by atoms with van der Waals surface area (Å²) in [5, 5.41) is 14.5. The smallest absolute Gasteiger partial charge is 0.227 e. The molecule has 2 heterocycles. The Hall–Kier alpha value is -3.24. The fraction of sp³-hybridized carbons (Fsp3) is 0.150. The number of nitrogens with zero attached hydrogens (tertiary/aromatic N) is 4. The molecule has 0 atom stereocenters. The fourth-order valence-electron chi connectivity index (χ4n) is 2.66. The largest absolute Gasteiger partial charge is 0.339 e. The Kier molecular flexibility index (Phi) is 6.58. The van der Waals surface area contributed by atoms with Crippen molar-refractivity contribution in [2.24, 2.45) is 0 Å². The molecule has 0 saturated carbocycles. The highest BCUT2D eigenvalue weighted by Gasteiger charge is 2.13. The normalized spacial score (nSPS) is 10.9. The van der Waals surface area contributed by atoms with Gasteiger partial charge in [0.25, 0.3) is 0 Å². The number of carbonyl (C=O) groups is 1. The predicted molar refractivity (Wildman–Crippen MR) is 114 cm³/mol. The number of thioether (sulfide) groups is 1. The molecule has 31 heavy (non-hydrogen) atoms. The number of amides is 1. The van der Waals surface area contributed by atoms with E-state index < -0.39 is 5.82 Å². The van der Waals surface area contributed by atoms with Gasteiger partial charge in [-0.25, -0.2) is 9.37 Å². The molecule has 4 rings (SSSR count). The van der Waals surface area contributed by atoms with Crippen molar-refractivity contribution >= 4 is 35.0 Å². The number of benzene rings is 2. The Morgan fingerprint density at radius 1 is 1.16 bits per heavy atom. The maximum absolute atomic E-state index is 13.6. The molecule has 2 N–H and O–H groups in total. The van der Waals surface area contributed by atoms with E-state index >= 15 is 0 Å². The standard InChI is InChI=1S/C20H16ClFN6O2S/c21-13-6-2-1-5-12(13)19-25-20(27-26-19)31-11-16-24-18(30-28-16)10-9-17(29)23-15-8-4-3-7-14(15)22/h1-8H,9-11H2,(H,23,29)(H,25,26,27). The van der Waals surface area contributed by atoms with Gasteiger partial charge < -0.3 is 9.84 Å². The summed E-state index contributed by atoms with van der Waals surface area (Å²) in [6.45, 7) is 0. The molecule has 8 nitrogen and oxygen atoms in total. The van der Waals surface area contributed by atoms with Crippen molar-refractivity contribution in [3.8, 4) is 11.4 Å². The Morgan fingerprint density at radius 2 is 1.97 bits per heavy atom. The number of aryl methyl sites for hydroxylation is 1. The maximum Gasteiger partial charge on any atom is 0.227 e. The molecule has 2 aromatic carbocycles. The zero-order valence-corrected chi connectivity index (χ0v) is 17.6. The summed E-state index contributed by atoms with van der Waals surface area (Å²) in [6, 6.07) is 13.3. The topological polar surface area (TPSA) is 110 Å². The molecule has 0 aliphatic heterocycles. The second kappa shape index (κ2) is 9.71. The van der Waals surface area contributed by atoms with Crippen LogP contribution in [0.1, 0.15) is 18.1 Å². The van der Waals surface area contributed by atoms with Crippen LogP contribution in [0.15, 0.2) is 58.2 Å². The van der Waals surface area contributed by atoms with E-state index in [0.29, 0.717) is 33.5 Å². The summed E-state index contributed by atoms with van der Waals surface area (Å²) in [6.07, 6.45) is 0.334. The summed E-state index contributed by atoms with van der Waals surface area (Å²) >= 11 is 7.51. The third-order valence-electron chi connectivity index (χ3n) is 4.15. The van der Waals surface area contributed by atoms with E-state index in [1.54, 1.807) is 18.2 Å². The van der Waals surface area contributed by atoms with Gasteiger partial charge >= 0.3 is 0 Å². The number of rotatable bonds is 8. The Bertz CT molecular complexity index is 1200. The van der Waals surface area contributed by atoms with Gasteiger partial charge in [0, 0.05) is 18.4 Å². The van der Waals surface area contributed by atoms with Crippen molar-refractivity contribution < 1.29 is 13.7 Å². The second-order valence-electron chi connectivity index (χ2n) is 6.37. The molecule has 0 bridgehead atoms. The van der Waals surface area contributed by atoms with Crippen molar-refractivity contribution in [2.75, 3.05) is 5.32 Å². The van der Waals surface area contributed by atoms with Crippen molar-refractivity contribution in [3.63, 3.8) is 0 Å². The molecule has 0 spiro atoms. The molecule has 4 aromatic rings. The van der Waals surface area contributed by atoms with E-state index in [2.05, 4.69) is 30.6 Å². The molecular formula is C20H16ClFN6O2S. The quantitative estimate of drug-likeness (QED) is 0.374. The minimum absolute atomic E-state index is 0.0885. The monoisotopic (exact) mass is 458 g/mol. The van der Waals surface area contributed by atoms with E-state index in [9.17, 15) is 9.18 Å². The van der Waals surface area contributed by atoms with Crippen LogP contribution in [-0.4, -0.2) is 31.2 Å². The van der Waals surface area contributed by atoms with Crippen LogP contribution < -0.4 is 5.32 Å². The van der Waals surface area contributed by atoms with Gasteiger partial charge in [0.15, 0.2) is 11.6 Å². The van der Waals surface area contributed by atoms with Crippen LogP contribution in [0, 0.1) is 5.82 Å². The average molecular weight is 459 g/mol. The van der Waals surface area contributed by atoms with Crippen LogP contribution in [0.3, 0.4) is 0 Å². The van der Waals surface area contributed by atoms with Crippen molar-refractivity contribution in [1.29, 1.82) is 0 Å². The van der Waals surface area contributed by atoms with Crippen LogP contribution in [0.5, 0.6) is 0 Å². The number of aromatic amines is 1. The minimum atomic E-state index is -0.488. The van der Waals surface area contributed by atoms with Gasteiger partial charge in [-0.05, 0) is 24.3 Å². The number of H-pyrrole nitrogens is 1. The molecule has 158 valence electrons. The first kappa shape index (κ1) is 21.0. The van der Waals surface area contributed by atoms with Gasteiger partial charge in [-0.1, -0.05) is 52.8 Å². The van der Waals surface area contributed by atoms with Crippen molar-refractivity contribution in [1.82, 2.24) is 25.3 Å². The highest BCUT2D eigenvalue weighted by molar-refractivity contribution is 7.98. The molecule has 0 unspecified atom stereocenters. The van der Waals surface area contributed by atoms with Gasteiger partial charge in [0.05, 0.1) is 16.5 Å². The zero-order valence-electron chi connectivity index (χ0n) is 16.0. The number of nitrogens with one attached hydrogen (secondary N) is 2. The van der Waals surface area contributed by atoms with Crippen molar-refractivity contribution in [3.05, 3.63) is 71.1 Å². The number of anilines is 1. The minimum Gasteiger partial charge on any atom is -0.339 e. The lowest BCUT2D eigenvalue weighted by atomic mass is 10.2. The van der Waals surface area contributed by atoms with Crippen LogP contribution in [-0.2, 0) is 17.0 Å². The maximum atomic E-state index is 13.6.